The summed E-state index contributed by atoms with van der Waals surface area (Å²) in [6, 6.07) is 10.6. The molecule has 1 heterocycles. The van der Waals surface area contributed by atoms with Gasteiger partial charge in [0.25, 0.3) is 10.0 Å². The van der Waals surface area contributed by atoms with Gasteiger partial charge in [-0.05, 0) is 24.1 Å². The molecule has 0 aromatic heterocycles. The number of nitrogens with zero attached hydrogens (tertiary/aromatic N) is 1. The third-order valence-corrected chi connectivity index (χ3v) is 5.64. The van der Waals surface area contributed by atoms with Gasteiger partial charge < -0.3 is 10.6 Å². The summed E-state index contributed by atoms with van der Waals surface area (Å²) in [5.41, 5.74) is 0.569. The van der Waals surface area contributed by atoms with Crippen molar-refractivity contribution in [3.8, 4) is 0 Å². The van der Waals surface area contributed by atoms with E-state index in [0.717, 1.165) is 11.9 Å². The number of carbonyl (C=O) groups excluding carboxylic acids is 1. The molecule has 1 amide bonds. The molecule has 130 valence electrons. The van der Waals surface area contributed by atoms with Crippen LogP contribution in [0.2, 0.25) is 0 Å². The Morgan fingerprint density at radius 3 is 2.54 bits per heavy atom. The molecule has 6 nitrogen and oxygen atoms in total. The summed E-state index contributed by atoms with van der Waals surface area (Å²) in [6.45, 7) is 3.73. The van der Waals surface area contributed by atoms with Gasteiger partial charge in [0.2, 0.25) is 5.91 Å². The van der Waals surface area contributed by atoms with Crippen molar-refractivity contribution >= 4 is 44.8 Å². The number of sulfonamides is 1. The fourth-order valence-corrected chi connectivity index (χ4v) is 4.45. The Hall–Kier alpha value is -1.83. The van der Waals surface area contributed by atoms with Gasteiger partial charge in [-0.2, -0.15) is 0 Å². The van der Waals surface area contributed by atoms with Crippen LogP contribution in [0.5, 0.6) is 0 Å². The standard InChI is InChI=1S/C16H19N3O3S.ClH/c1-2-17-9-10-18-15(20)11-19-13-7-3-5-12-6-4-8-14(16(12)13)23(19,21)22;/h3-8,17H,2,9-11H2,1H3,(H,18,20);1H. The zero-order valence-electron chi connectivity index (χ0n) is 13.3. The van der Waals surface area contributed by atoms with Crippen LogP contribution >= 0.6 is 12.4 Å². The van der Waals surface area contributed by atoms with Crippen molar-refractivity contribution in [1.82, 2.24) is 10.6 Å². The highest BCUT2D eigenvalue weighted by atomic mass is 35.5. The second kappa shape index (κ2) is 7.38. The maximum atomic E-state index is 12.7. The van der Waals surface area contributed by atoms with Gasteiger partial charge in [0, 0.05) is 18.5 Å². The molecule has 2 aromatic rings. The maximum Gasteiger partial charge on any atom is 0.265 e. The van der Waals surface area contributed by atoms with Crippen LogP contribution in [-0.2, 0) is 14.8 Å². The molecule has 0 saturated carbocycles. The van der Waals surface area contributed by atoms with Crippen molar-refractivity contribution in [2.45, 2.75) is 11.8 Å². The minimum atomic E-state index is -3.67. The normalized spacial score (nSPS) is 14.5. The molecule has 1 aliphatic heterocycles. The topological polar surface area (TPSA) is 78.5 Å². The van der Waals surface area contributed by atoms with Gasteiger partial charge >= 0.3 is 0 Å². The Labute approximate surface area is 147 Å². The van der Waals surface area contributed by atoms with E-state index in [1.54, 1.807) is 24.3 Å². The van der Waals surface area contributed by atoms with Gasteiger partial charge in [-0.3, -0.25) is 9.10 Å². The lowest BCUT2D eigenvalue weighted by Crippen LogP contribution is -2.41. The fraction of sp³-hybridized carbons (Fsp3) is 0.312. The summed E-state index contributed by atoms with van der Waals surface area (Å²) < 4.78 is 26.6. The highest BCUT2D eigenvalue weighted by Crippen LogP contribution is 2.41. The number of carbonyl (C=O) groups is 1. The minimum Gasteiger partial charge on any atom is -0.353 e. The summed E-state index contributed by atoms with van der Waals surface area (Å²) in [4.78, 5) is 12.3. The number of benzene rings is 2. The largest absolute Gasteiger partial charge is 0.353 e. The van der Waals surface area contributed by atoms with Crippen molar-refractivity contribution in [3.05, 3.63) is 36.4 Å². The molecule has 0 aliphatic carbocycles. The number of amides is 1. The smallest absolute Gasteiger partial charge is 0.265 e. The van der Waals surface area contributed by atoms with E-state index in [1.807, 2.05) is 19.1 Å². The first-order valence-corrected chi connectivity index (χ1v) is 9.01. The van der Waals surface area contributed by atoms with E-state index < -0.39 is 10.0 Å². The van der Waals surface area contributed by atoms with Gasteiger partial charge in [0.05, 0.1) is 10.6 Å². The van der Waals surface area contributed by atoms with Crippen LogP contribution in [-0.4, -0.2) is 40.5 Å². The number of rotatable bonds is 6. The summed E-state index contributed by atoms with van der Waals surface area (Å²) in [6.07, 6.45) is 0. The van der Waals surface area contributed by atoms with Crippen molar-refractivity contribution < 1.29 is 13.2 Å². The maximum absolute atomic E-state index is 12.7. The molecule has 2 aromatic carbocycles. The summed E-state index contributed by atoms with van der Waals surface area (Å²) in [5, 5.41) is 7.38. The fourth-order valence-electron chi connectivity index (χ4n) is 2.78. The zero-order chi connectivity index (χ0) is 16.4. The molecule has 0 fully saturated rings. The number of halogens is 1. The molecule has 3 rings (SSSR count). The quantitative estimate of drug-likeness (QED) is 0.756. The second-order valence-corrected chi connectivity index (χ2v) is 7.18. The summed E-state index contributed by atoms with van der Waals surface area (Å²) >= 11 is 0. The molecule has 8 heteroatoms. The predicted molar refractivity (Wildman–Crippen MR) is 97.3 cm³/mol. The predicted octanol–water partition coefficient (Wildman–Crippen LogP) is 1.50. The molecule has 0 saturated heterocycles. The van der Waals surface area contributed by atoms with Crippen LogP contribution in [0.3, 0.4) is 0 Å². The SMILES string of the molecule is CCNCCNC(=O)CN1c2cccc3cccc(c23)S1(=O)=O.Cl. The lowest BCUT2D eigenvalue weighted by atomic mass is 10.1. The van der Waals surface area contributed by atoms with E-state index in [0.29, 0.717) is 24.2 Å². The molecule has 24 heavy (non-hydrogen) atoms. The van der Waals surface area contributed by atoms with Gasteiger partial charge in [-0.15, -0.1) is 12.4 Å². The van der Waals surface area contributed by atoms with Crippen molar-refractivity contribution in [1.29, 1.82) is 0 Å². The Bertz CT molecular complexity index is 850. The molecule has 0 bridgehead atoms. The number of likely N-dealkylation sites (N-methyl/N-ethyl adjacent to an activating group) is 1. The second-order valence-electron chi connectivity index (χ2n) is 5.35. The highest BCUT2D eigenvalue weighted by molar-refractivity contribution is 7.93. The average Bonchev–Trinajstić information content (AvgIpc) is 2.75. The van der Waals surface area contributed by atoms with Gasteiger partial charge in [0.15, 0.2) is 0 Å². The van der Waals surface area contributed by atoms with Crippen LogP contribution < -0.4 is 14.9 Å². The summed E-state index contributed by atoms with van der Waals surface area (Å²) in [5.74, 6) is -0.309. The van der Waals surface area contributed by atoms with Crippen molar-refractivity contribution in [3.63, 3.8) is 0 Å². The van der Waals surface area contributed by atoms with E-state index >= 15 is 0 Å². The lowest BCUT2D eigenvalue weighted by molar-refractivity contribution is -0.119. The number of hydrogen-bond acceptors (Lipinski definition) is 4. The van der Waals surface area contributed by atoms with Crippen LogP contribution in [0, 0.1) is 0 Å². The van der Waals surface area contributed by atoms with Crippen molar-refractivity contribution in [2.75, 3.05) is 30.5 Å². The Balaban J connectivity index is 0.00000208. The molecule has 0 spiro atoms. The Kier molecular flexibility index (Phi) is 5.69. The number of hydrogen-bond donors (Lipinski definition) is 2. The first-order chi connectivity index (χ1) is 11.1. The molecular weight excluding hydrogens is 350 g/mol. The van der Waals surface area contributed by atoms with Gasteiger partial charge in [0.1, 0.15) is 6.54 Å². The molecule has 0 unspecified atom stereocenters. The molecule has 0 atom stereocenters. The lowest BCUT2D eigenvalue weighted by Gasteiger charge is -2.18. The minimum absolute atomic E-state index is 0. The van der Waals surface area contributed by atoms with E-state index in [4.69, 9.17) is 0 Å². The van der Waals surface area contributed by atoms with Crippen LogP contribution in [0.25, 0.3) is 10.8 Å². The number of nitrogens with one attached hydrogen (secondary N) is 2. The van der Waals surface area contributed by atoms with Crippen LogP contribution in [0.4, 0.5) is 5.69 Å². The highest BCUT2D eigenvalue weighted by Gasteiger charge is 2.36. The van der Waals surface area contributed by atoms with E-state index in [-0.39, 0.29) is 29.8 Å². The third kappa shape index (κ3) is 3.19. The van der Waals surface area contributed by atoms with Gasteiger partial charge in [-0.25, -0.2) is 8.42 Å². The first kappa shape index (κ1) is 18.5. The Morgan fingerprint density at radius 1 is 1.12 bits per heavy atom. The van der Waals surface area contributed by atoms with Crippen LogP contribution in [0.1, 0.15) is 6.92 Å². The zero-order valence-corrected chi connectivity index (χ0v) is 14.9. The van der Waals surface area contributed by atoms with Crippen LogP contribution in [0.15, 0.2) is 41.3 Å². The molecular formula is C16H20ClN3O3S. The van der Waals surface area contributed by atoms with E-state index in [2.05, 4.69) is 10.6 Å². The third-order valence-electron chi connectivity index (χ3n) is 3.84. The monoisotopic (exact) mass is 369 g/mol. The molecule has 1 aliphatic rings. The van der Waals surface area contributed by atoms with Crippen molar-refractivity contribution in [2.24, 2.45) is 0 Å². The Morgan fingerprint density at radius 2 is 1.83 bits per heavy atom. The molecule has 0 radical (unpaired) electrons. The first-order valence-electron chi connectivity index (χ1n) is 7.57. The number of anilines is 1. The average molecular weight is 370 g/mol. The van der Waals surface area contributed by atoms with E-state index in [1.165, 1.54) is 4.31 Å². The molecule has 2 N–H and O–H groups in total. The van der Waals surface area contributed by atoms with E-state index in [9.17, 15) is 13.2 Å². The van der Waals surface area contributed by atoms with Gasteiger partial charge in [-0.1, -0.05) is 31.2 Å². The summed E-state index contributed by atoms with van der Waals surface area (Å²) in [7, 11) is -3.67.